The minimum Gasteiger partial charge on any atom is -0.360 e. The molecule has 1 aromatic heterocycles. The standard InChI is InChI=1S/C18H20N4O4/c1-12-10-15(21-26-12)20-16(23)11-22(3)17(24)9-6-13-4-7-14(8-5-13)18(25)19-2/h4-10H,11H2,1-3H3,(H,19,25)(H,20,21,23)/b9-6+. The number of carbonyl (C=O) groups is 3. The first-order valence-electron chi connectivity index (χ1n) is 7.87. The summed E-state index contributed by atoms with van der Waals surface area (Å²) in [6.45, 7) is 1.59. The van der Waals surface area contributed by atoms with Gasteiger partial charge in [0, 0.05) is 31.8 Å². The smallest absolute Gasteiger partial charge is 0.251 e. The van der Waals surface area contributed by atoms with Crippen LogP contribution in [0.25, 0.3) is 6.08 Å². The summed E-state index contributed by atoms with van der Waals surface area (Å²) < 4.78 is 4.85. The summed E-state index contributed by atoms with van der Waals surface area (Å²) in [5.74, 6) is 0.00389. The molecule has 0 aliphatic carbocycles. The van der Waals surface area contributed by atoms with E-state index < -0.39 is 0 Å². The van der Waals surface area contributed by atoms with Crippen molar-refractivity contribution in [2.45, 2.75) is 6.92 Å². The molecule has 1 heterocycles. The molecule has 0 bridgehead atoms. The summed E-state index contributed by atoms with van der Waals surface area (Å²) in [6, 6.07) is 8.38. The summed E-state index contributed by atoms with van der Waals surface area (Å²) in [7, 11) is 3.08. The lowest BCUT2D eigenvalue weighted by molar-refractivity contribution is -0.129. The van der Waals surface area contributed by atoms with E-state index in [1.807, 2.05) is 0 Å². The fraction of sp³-hybridized carbons (Fsp3) is 0.222. The van der Waals surface area contributed by atoms with E-state index in [-0.39, 0.29) is 24.3 Å². The van der Waals surface area contributed by atoms with E-state index in [0.29, 0.717) is 17.1 Å². The van der Waals surface area contributed by atoms with Crippen molar-refractivity contribution in [1.82, 2.24) is 15.4 Å². The highest BCUT2D eigenvalue weighted by atomic mass is 16.5. The van der Waals surface area contributed by atoms with Gasteiger partial charge in [0.25, 0.3) is 5.91 Å². The van der Waals surface area contributed by atoms with Gasteiger partial charge < -0.3 is 20.1 Å². The van der Waals surface area contributed by atoms with E-state index in [2.05, 4.69) is 15.8 Å². The first-order valence-corrected chi connectivity index (χ1v) is 7.87. The summed E-state index contributed by atoms with van der Waals surface area (Å²) in [5.41, 5.74) is 1.30. The van der Waals surface area contributed by atoms with Gasteiger partial charge in [-0.1, -0.05) is 17.3 Å². The fourth-order valence-corrected chi connectivity index (χ4v) is 2.09. The van der Waals surface area contributed by atoms with Gasteiger partial charge in [0.1, 0.15) is 5.76 Å². The van der Waals surface area contributed by atoms with E-state index in [9.17, 15) is 14.4 Å². The molecule has 8 nitrogen and oxygen atoms in total. The topological polar surface area (TPSA) is 105 Å². The number of amides is 3. The number of nitrogens with one attached hydrogen (secondary N) is 2. The lowest BCUT2D eigenvalue weighted by Crippen LogP contribution is -2.33. The molecule has 2 N–H and O–H groups in total. The summed E-state index contributed by atoms with van der Waals surface area (Å²) in [4.78, 5) is 36.7. The third kappa shape index (κ3) is 5.30. The number of carbonyl (C=O) groups excluding carboxylic acids is 3. The zero-order chi connectivity index (χ0) is 19.1. The van der Waals surface area contributed by atoms with Gasteiger partial charge in [-0.3, -0.25) is 14.4 Å². The van der Waals surface area contributed by atoms with E-state index >= 15 is 0 Å². The number of aromatic nitrogens is 1. The van der Waals surface area contributed by atoms with Crippen LogP contribution in [0.4, 0.5) is 5.82 Å². The number of nitrogens with zero attached hydrogens (tertiary/aromatic N) is 2. The molecule has 136 valence electrons. The number of anilines is 1. The molecular formula is C18H20N4O4. The molecule has 0 radical (unpaired) electrons. The number of benzene rings is 1. The molecule has 0 spiro atoms. The Labute approximate surface area is 150 Å². The van der Waals surface area contributed by atoms with E-state index in [0.717, 1.165) is 5.56 Å². The molecule has 3 amide bonds. The minimum absolute atomic E-state index is 0.120. The Morgan fingerprint density at radius 3 is 2.50 bits per heavy atom. The van der Waals surface area contributed by atoms with Crippen LogP contribution in [-0.2, 0) is 9.59 Å². The lowest BCUT2D eigenvalue weighted by Gasteiger charge is -2.13. The third-order valence-electron chi connectivity index (χ3n) is 3.47. The van der Waals surface area contributed by atoms with Gasteiger partial charge in [-0.2, -0.15) is 0 Å². The Morgan fingerprint density at radius 2 is 1.92 bits per heavy atom. The molecule has 26 heavy (non-hydrogen) atoms. The van der Waals surface area contributed by atoms with Gasteiger partial charge in [-0.15, -0.1) is 0 Å². The second-order valence-electron chi connectivity index (χ2n) is 5.60. The summed E-state index contributed by atoms with van der Waals surface area (Å²) >= 11 is 0. The molecule has 2 aromatic rings. The largest absolute Gasteiger partial charge is 0.360 e. The van der Waals surface area contributed by atoms with Gasteiger partial charge in [0.05, 0.1) is 6.54 Å². The predicted molar refractivity (Wildman–Crippen MR) is 96.4 cm³/mol. The number of rotatable bonds is 6. The molecule has 0 saturated heterocycles. The molecule has 0 aliphatic rings. The molecule has 0 saturated carbocycles. The van der Waals surface area contributed by atoms with Gasteiger partial charge in [-0.25, -0.2) is 0 Å². The summed E-state index contributed by atoms with van der Waals surface area (Å²) in [5, 5.41) is 8.74. The Hall–Kier alpha value is -3.42. The van der Waals surface area contributed by atoms with Crippen LogP contribution in [0.3, 0.4) is 0 Å². The fourth-order valence-electron chi connectivity index (χ4n) is 2.09. The first-order chi connectivity index (χ1) is 12.4. The monoisotopic (exact) mass is 356 g/mol. The number of hydrogen-bond donors (Lipinski definition) is 2. The molecule has 1 aromatic carbocycles. The third-order valence-corrected chi connectivity index (χ3v) is 3.47. The number of hydrogen-bond acceptors (Lipinski definition) is 5. The van der Waals surface area contributed by atoms with Crippen LogP contribution >= 0.6 is 0 Å². The maximum absolute atomic E-state index is 12.1. The Bertz CT molecular complexity index is 824. The number of likely N-dealkylation sites (N-methyl/N-ethyl adjacent to an activating group) is 1. The second kappa shape index (κ2) is 8.61. The second-order valence-corrected chi connectivity index (χ2v) is 5.60. The van der Waals surface area contributed by atoms with Crippen molar-refractivity contribution >= 4 is 29.6 Å². The Kier molecular flexibility index (Phi) is 6.26. The van der Waals surface area contributed by atoms with Crippen molar-refractivity contribution in [3.05, 3.63) is 53.3 Å². The highest BCUT2D eigenvalue weighted by molar-refractivity contribution is 5.97. The lowest BCUT2D eigenvalue weighted by atomic mass is 10.1. The highest BCUT2D eigenvalue weighted by Crippen LogP contribution is 2.08. The molecule has 0 unspecified atom stereocenters. The zero-order valence-corrected chi connectivity index (χ0v) is 14.8. The summed E-state index contributed by atoms with van der Waals surface area (Å²) in [6.07, 6.45) is 2.98. The molecule has 0 aliphatic heterocycles. The average Bonchev–Trinajstić information content (AvgIpc) is 3.03. The van der Waals surface area contributed by atoms with Crippen molar-refractivity contribution in [3.63, 3.8) is 0 Å². The highest BCUT2D eigenvalue weighted by Gasteiger charge is 2.12. The van der Waals surface area contributed by atoms with Crippen molar-refractivity contribution in [1.29, 1.82) is 0 Å². The van der Waals surface area contributed by atoms with Gasteiger partial charge in [0.2, 0.25) is 11.8 Å². The first kappa shape index (κ1) is 18.9. The zero-order valence-electron chi connectivity index (χ0n) is 14.8. The average molecular weight is 356 g/mol. The van der Waals surface area contributed by atoms with Crippen LogP contribution in [-0.4, -0.2) is 48.4 Å². The van der Waals surface area contributed by atoms with Crippen molar-refractivity contribution in [3.8, 4) is 0 Å². The Balaban J connectivity index is 1.88. The van der Waals surface area contributed by atoms with Gasteiger partial charge in [0.15, 0.2) is 5.82 Å². The maximum Gasteiger partial charge on any atom is 0.251 e. The SMILES string of the molecule is CNC(=O)c1ccc(/C=C/C(=O)N(C)CC(=O)Nc2cc(C)on2)cc1. The van der Waals surface area contributed by atoms with Crippen LogP contribution < -0.4 is 10.6 Å². The van der Waals surface area contributed by atoms with Crippen molar-refractivity contribution < 1.29 is 18.9 Å². The molecule has 0 fully saturated rings. The van der Waals surface area contributed by atoms with Gasteiger partial charge >= 0.3 is 0 Å². The maximum atomic E-state index is 12.1. The van der Waals surface area contributed by atoms with Gasteiger partial charge in [-0.05, 0) is 30.7 Å². The Morgan fingerprint density at radius 1 is 1.23 bits per heavy atom. The van der Waals surface area contributed by atoms with Crippen LogP contribution in [0.5, 0.6) is 0 Å². The molecular weight excluding hydrogens is 336 g/mol. The molecule has 8 heteroatoms. The predicted octanol–water partition coefficient (Wildman–Crippen LogP) is 1.45. The van der Waals surface area contributed by atoms with Crippen molar-refractivity contribution in [2.24, 2.45) is 0 Å². The van der Waals surface area contributed by atoms with E-state index in [1.54, 1.807) is 50.4 Å². The molecule has 0 atom stereocenters. The van der Waals surface area contributed by atoms with Crippen LogP contribution in [0.2, 0.25) is 0 Å². The normalized spacial score (nSPS) is 10.6. The number of aryl methyl sites for hydroxylation is 1. The van der Waals surface area contributed by atoms with Crippen molar-refractivity contribution in [2.75, 3.05) is 26.0 Å². The van der Waals surface area contributed by atoms with E-state index in [1.165, 1.54) is 18.0 Å². The molecule has 2 rings (SSSR count). The van der Waals surface area contributed by atoms with E-state index in [4.69, 9.17) is 4.52 Å². The minimum atomic E-state index is -0.377. The van der Waals surface area contributed by atoms with Crippen LogP contribution in [0.1, 0.15) is 21.7 Å². The van der Waals surface area contributed by atoms with Crippen LogP contribution in [0, 0.1) is 6.92 Å². The quantitative estimate of drug-likeness (QED) is 0.763. The van der Waals surface area contributed by atoms with Crippen LogP contribution in [0.15, 0.2) is 40.9 Å².